The third-order valence-electron chi connectivity index (χ3n) is 3.20. The van der Waals surface area contributed by atoms with E-state index in [4.69, 9.17) is 10.8 Å². The number of carboxylic acid groups (broad SMARTS) is 1. The van der Waals surface area contributed by atoms with Crippen molar-refractivity contribution < 1.29 is 19.5 Å². The summed E-state index contributed by atoms with van der Waals surface area (Å²) in [5.74, 6) is -1.60. The van der Waals surface area contributed by atoms with Crippen LogP contribution in [0.2, 0.25) is 0 Å². The van der Waals surface area contributed by atoms with Crippen LogP contribution in [0.3, 0.4) is 0 Å². The average molecular weight is 277 g/mol. The van der Waals surface area contributed by atoms with Gasteiger partial charge in [0.05, 0.1) is 5.56 Å². The van der Waals surface area contributed by atoms with Crippen molar-refractivity contribution in [2.45, 2.75) is 18.9 Å². The highest BCUT2D eigenvalue weighted by atomic mass is 16.4. The summed E-state index contributed by atoms with van der Waals surface area (Å²) in [5, 5.41) is 11.5. The molecule has 1 aliphatic heterocycles. The van der Waals surface area contributed by atoms with Gasteiger partial charge >= 0.3 is 12.0 Å². The fraction of sp³-hybridized carbons (Fsp3) is 0.308. The van der Waals surface area contributed by atoms with Gasteiger partial charge in [-0.3, -0.25) is 4.79 Å². The van der Waals surface area contributed by atoms with Gasteiger partial charge in [0.2, 0.25) is 5.91 Å². The lowest BCUT2D eigenvalue weighted by molar-refractivity contribution is -0.121. The lowest BCUT2D eigenvalue weighted by Gasteiger charge is -2.22. The smallest absolute Gasteiger partial charge is 0.335 e. The molecule has 1 heterocycles. The Bertz CT molecular complexity index is 558. The van der Waals surface area contributed by atoms with Crippen molar-refractivity contribution in [1.82, 2.24) is 4.90 Å². The van der Waals surface area contributed by atoms with Crippen molar-refractivity contribution in [3.05, 3.63) is 29.8 Å². The van der Waals surface area contributed by atoms with E-state index in [9.17, 15) is 14.4 Å². The van der Waals surface area contributed by atoms with Crippen molar-refractivity contribution >= 4 is 23.6 Å². The Kier molecular flexibility index (Phi) is 3.88. The molecule has 1 unspecified atom stereocenters. The van der Waals surface area contributed by atoms with Crippen LogP contribution in [-0.2, 0) is 4.79 Å². The van der Waals surface area contributed by atoms with E-state index >= 15 is 0 Å². The largest absolute Gasteiger partial charge is 0.478 e. The first-order valence-corrected chi connectivity index (χ1v) is 6.19. The summed E-state index contributed by atoms with van der Waals surface area (Å²) in [6.45, 7) is 0.456. The van der Waals surface area contributed by atoms with Gasteiger partial charge in [-0.15, -0.1) is 0 Å². The highest BCUT2D eigenvalue weighted by Gasteiger charge is 2.32. The monoisotopic (exact) mass is 277 g/mol. The van der Waals surface area contributed by atoms with Gasteiger partial charge in [0, 0.05) is 12.2 Å². The first-order valence-electron chi connectivity index (χ1n) is 6.19. The molecule has 0 aromatic heterocycles. The lowest BCUT2D eigenvalue weighted by Crippen LogP contribution is -2.45. The number of nitrogens with two attached hydrogens (primary N) is 1. The van der Waals surface area contributed by atoms with Crippen LogP contribution >= 0.6 is 0 Å². The Morgan fingerprint density at radius 1 is 1.35 bits per heavy atom. The summed E-state index contributed by atoms with van der Waals surface area (Å²) in [6.07, 6.45) is 1.27. The predicted molar refractivity (Wildman–Crippen MR) is 71.3 cm³/mol. The molecule has 106 valence electrons. The molecule has 0 spiro atoms. The zero-order valence-electron chi connectivity index (χ0n) is 10.7. The number of carbonyl (C=O) groups is 3. The van der Waals surface area contributed by atoms with Crippen molar-refractivity contribution in [2.75, 3.05) is 11.9 Å². The second-order valence-electron chi connectivity index (χ2n) is 4.57. The van der Waals surface area contributed by atoms with Gasteiger partial charge in [0.25, 0.3) is 0 Å². The van der Waals surface area contributed by atoms with E-state index in [-0.39, 0.29) is 5.56 Å². The normalized spacial score (nSPS) is 17.8. The second-order valence-corrected chi connectivity index (χ2v) is 4.57. The van der Waals surface area contributed by atoms with Crippen LogP contribution in [0.15, 0.2) is 24.3 Å². The molecule has 1 aromatic carbocycles. The minimum atomic E-state index is -1.07. The predicted octanol–water partition coefficient (Wildman–Crippen LogP) is 0.866. The lowest BCUT2D eigenvalue weighted by atomic mass is 10.2. The molecule has 7 heteroatoms. The second kappa shape index (κ2) is 5.60. The molecule has 1 aromatic rings. The molecule has 0 aliphatic carbocycles. The van der Waals surface area contributed by atoms with Gasteiger partial charge in [-0.25, -0.2) is 9.59 Å². The summed E-state index contributed by atoms with van der Waals surface area (Å²) >= 11 is 0. The van der Waals surface area contributed by atoms with Gasteiger partial charge in [-0.1, -0.05) is 6.07 Å². The van der Waals surface area contributed by atoms with Crippen LogP contribution in [0.5, 0.6) is 0 Å². The van der Waals surface area contributed by atoms with E-state index < -0.39 is 23.9 Å². The van der Waals surface area contributed by atoms with Crippen molar-refractivity contribution in [1.29, 1.82) is 0 Å². The topological polar surface area (TPSA) is 113 Å². The Labute approximate surface area is 115 Å². The first-order chi connectivity index (χ1) is 9.49. The SMILES string of the molecule is NC(=O)C1CCCN1C(=O)Nc1cccc(C(=O)O)c1. The van der Waals surface area contributed by atoms with Crippen molar-refractivity contribution in [3.8, 4) is 0 Å². The summed E-state index contributed by atoms with van der Waals surface area (Å²) in [6, 6.07) is 4.86. The molecule has 20 heavy (non-hydrogen) atoms. The van der Waals surface area contributed by atoms with Gasteiger partial charge in [0.1, 0.15) is 6.04 Å². The van der Waals surface area contributed by atoms with Crippen LogP contribution in [0.4, 0.5) is 10.5 Å². The van der Waals surface area contributed by atoms with E-state index in [0.717, 1.165) is 6.42 Å². The number of hydrogen-bond donors (Lipinski definition) is 3. The van der Waals surface area contributed by atoms with Gasteiger partial charge < -0.3 is 21.1 Å². The molecular weight excluding hydrogens is 262 g/mol. The van der Waals surface area contributed by atoms with Crippen LogP contribution in [-0.4, -0.2) is 40.5 Å². The number of carbonyl (C=O) groups excluding carboxylic acids is 2. The van der Waals surface area contributed by atoms with Crippen LogP contribution < -0.4 is 11.1 Å². The number of aromatic carboxylic acids is 1. The zero-order chi connectivity index (χ0) is 14.7. The Morgan fingerprint density at radius 3 is 2.75 bits per heavy atom. The number of hydrogen-bond acceptors (Lipinski definition) is 3. The number of urea groups is 1. The number of nitrogens with zero attached hydrogens (tertiary/aromatic N) is 1. The van der Waals surface area contributed by atoms with E-state index in [2.05, 4.69) is 5.32 Å². The molecule has 1 atom stereocenters. The van der Waals surface area contributed by atoms with Crippen molar-refractivity contribution in [3.63, 3.8) is 0 Å². The van der Waals surface area contributed by atoms with Crippen molar-refractivity contribution in [2.24, 2.45) is 5.73 Å². The third-order valence-corrected chi connectivity index (χ3v) is 3.20. The molecule has 1 aliphatic rings. The number of benzene rings is 1. The number of likely N-dealkylation sites (tertiary alicyclic amines) is 1. The van der Waals surface area contributed by atoms with Gasteiger partial charge in [0.15, 0.2) is 0 Å². The van der Waals surface area contributed by atoms with Crippen LogP contribution in [0.1, 0.15) is 23.2 Å². The summed E-state index contributed by atoms with van der Waals surface area (Å²) < 4.78 is 0. The summed E-state index contributed by atoms with van der Waals surface area (Å²) in [7, 11) is 0. The fourth-order valence-electron chi connectivity index (χ4n) is 2.23. The highest BCUT2D eigenvalue weighted by molar-refractivity contribution is 5.95. The fourth-order valence-corrected chi connectivity index (χ4v) is 2.23. The summed E-state index contributed by atoms with van der Waals surface area (Å²) in [5.41, 5.74) is 5.69. The number of nitrogens with one attached hydrogen (secondary N) is 1. The maximum atomic E-state index is 12.1. The first kappa shape index (κ1) is 13.9. The van der Waals surface area contributed by atoms with Crippen LogP contribution in [0.25, 0.3) is 0 Å². The van der Waals surface area contributed by atoms with E-state index in [1.807, 2.05) is 0 Å². The Morgan fingerprint density at radius 2 is 2.10 bits per heavy atom. The highest BCUT2D eigenvalue weighted by Crippen LogP contribution is 2.19. The number of primary amides is 1. The minimum Gasteiger partial charge on any atom is -0.478 e. The van der Waals surface area contributed by atoms with Crippen LogP contribution in [0, 0.1) is 0 Å². The molecule has 3 amide bonds. The van der Waals surface area contributed by atoms with E-state index in [1.54, 1.807) is 6.07 Å². The number of anilines is 1. The standard InChI is InChI=1S/C13H15N3O4/c14-11(17)10-5-2-6-16(10)13(20)15-9-4-1-3-8(7-9)12(18)19/h1,3-4,7,10H,2,5-6H2,(H2,14,17)(H,15,20)(H,18,19). The molecule has 1 saturated heterocycles. The third kappa shape index (κ3) is 2.87. The minimum absolute atomic E-state index is 0.0793. The van der Waals surface area contributed by atoms with Gasteiger partial charge in [-0.05, 0) is 31.0 Å². The molecule has 0 saturated carbocycles. The zero-order valence-corrected chi connectivity index (χ0v) is 10.7. The maximum absolute atomic E-state index is 12.1. The molecule has 4 N–H and O–H groups in total. The number of carboxylic acids is 1. The summed E-state index contributed by atoms with van der Waals surface area (Å²) in [4.78, 5) is 35.5. The van der Waals surface area contributed by atoms with Gasteiger partial charge in [-0.2, -0.15) is 0 Å². The average Bonchev–Trinajstić information content (AvgIpc) is 2.88. The number of rotatable bonds is 3. The Hall–Kier alpha value is -2.57. The quantitative estimate of drug-likeness (QED) is 0.760. The maximum Gasteiger partial charge on any atom is 0.335 e. The molecule has 0 bridgehead atoms. The molecule has 0 radical (unpaired) electrons. The number of amides is 3. The Balaban J connectivity index is 2.09. The van der Waals surface area contributed by atoms with E-state index in [1.165, 1.54) is 23.1 Å². The molecule has 1 fully saturated rings. The molecule has 2 rings (SSSR count). The molecule has 7 nitrogen and oxygen atoms in total. The van der Waals surface area contributed by atoms with E-state index in [0.29, 0.717) is 18.7 Å². The molecular formula is C13H15N3O4.